The summed E-state index contributed by atoms with van der Waals surface area (Å²) < 4.78 is 10.6. The van der Waals surface area contributed by atoms with Crippen molar-refractivity contribution in [1.29, 1.82) is 0 Å². The first kappa shape index (κ1) is 19.1. The lowest BCUT2D eigenvalue weighted by molar-refractivity contribution is -0.384. The first-order valence-corrected chi connectivity index (χ1v) is 8.93. The van der Waals surface area contributed by atoms with Crippen molar-refractivity contribution >= 4 is 23.5 Å². The normalized spacial score (nSPS) is 12.7. The number of fused-ring (bicyclic) bond motifs is 1. The summed E-state index contributed by atoms with van der Waals surface area (Å²) in [6.45, 7) is -0.258. The lowest BCUT2D eigenvalue weighted by atomic mass is 10.1. The number of nitrogens with zero attached hydrogens (tertiary/aromatic N) is 2. The van der Waals surface area contributed by atoms with Crippen molar-refractivity contribution in [2.24, 2.45) is 0 Å². The van der Waals surface area contributed by atoms with E-state index >= 15 is 0 Å². The van der Waals surface area contributed by atoms with Gasteiger partial charge in [0.2, 0.25) is 5.76 Å². The van der Waals surface area contributed by atoms with Gasteiger partial charge in [-0.15, -0.1) is 0 Å². The minimum absolute atomic E-state index is 0.0573. The number of ether oxygens (including phenoxy) is 1. The van der Waals surface area contributed by atoms with Crippen molar-refractivity contribution in [3.63, 3.8) is 0 Å². The molecule has 2 aromatic carbocycles. The average molecular weight is 406 g/mol. The maximum Gasteiger partial charge on any atom is 0.374 e. The molecule has 1 aromatic heterocycles. The second kappa shape index (κ2) is 7.63. The molecule has 0 atom stereocenters. The zero-order valence-electron chi connectivity index (χ0n) is 15.4. The molecule has 0 unspecified atom stereocenters. The van der Waals surface area contributed by atoms with Crippen LogP contribution in [0.3, 0.4) is 0 Å². The number of nitro benzene ring substituents is 1. The van der Waals surface area contributed by atoms with Crippen LogP contribution in [0.1, 0.15) is 31.3 Å². The Hall–Kier alpha value is -4.27. The van der Waals surface area contributed by atoms with Crippen molar-refractivity contribution < 1.29 is 28.5 Å². The Morgan fingerprint density at radius 2 is 1.60 bits per heavy atom. The van der Waals surface area contributed by atoms with E-state index in [0.717, 1.165) is 4.90 Å². The number of carbonyl (C=O) groups excluding carboxylic acids is 3. The number of hydrogen-bond acceptors (Lipinski definition) is 7. The first-order valence-electron chi connectivity index (χ1n) is 8.93. The fourth-order valence-corrected chi connectivity index (χ4v) is 3.09. The van der Waals surface area contributed by atoms with Crippen molar-refractivity contribution in [1.82, 2.24) is 4.90 Å². The van der Waals surface area contributed by atoms with Gasteiger partial charge in [-0.2, -0.15) is 0 Å². The molecule has 0 radical (unpaired) electrons. The summed E-state index contributed by atoms with van der Waals surface area (Å²) in [5, 5.41) is 10.7. The van der Waals surface area contributed by atoms with E-state index in [9.17, 15) is 24.5 Å². The third kappa shape index (κ3) is 3.44. The zero-order chi connectivity index (χ0) is 21.3. The molecule has 9 heteroatoms. The van der Waals surface area contributed by atoms with Crippen LogP contribution in [0.15, 0.2) is 65.1 Å². The molecule has 3 aromatic rings. The molecule has 0 aliphatic carbocycles. The molecule has 0 spiro atoms. The minimum Gasteiger partial charge on any atom is -0.458 e. The monoisotopic (exact) mass is 406 g/mol. The van der Waals surface area contributed by atoms with Crippen LogP contribution < -0.4 is 0 Å². The van der Waals surface area contributed by atoms with E-state index in [1.807, 2.05) is 0 Å². The van der Waals surface area contributed by atoms with E-state index in [0.29, 0.717) is 22.5 Å². The minimum atomic E-state index is -0.750. The number of nitro groups is 1. The number of imide groups is 1. The van der Waals surface area contributed by atoms with E-state index < -0.39 is 22.7 Å². The number of hydrogen-bond donors (Lipinski definition) is 0. The Morgan fingerprint density at radius 3 is 2.20 bits per heavy atom. The lowest BCUT2D eigenvalue weighted by Gasteiger charge is -2.13. The molecule has 1 aliphatic heterocycles. The number of furan rings is 1. The molecule has 0 saturated carbocycles. The van der Waals surface area contributed by atoms with Crippen LogP contribution in [0.5, 0.6) is 0 Å². The number of non-ortho nitro benzene ring substituents is 1. The highest BCUT2D eigenvalue weighted by Gasteiger charge is 2.34. The van der Waals surface area contributed by atoms with E-state index in [2.05, 4.69) is 0 Å². The van der Waals surface area contributed by atoms with Crippen LogP contribution in [0.2, 0.25) is 0 Å². The summed E-state index contributed by atoms with van der Waals surface area (Å²) in [7, 11) is 0. The van der Waals surface area contributed by atoms with Gasteiger partial charge in [0.1, 0.15) is 12.4 Å². The topological polar surface area (TPSA) is 120 Å². The van der Waals surface area contributed by atoms with E-state index in [1.54, 1.807) is 30.3 Å². The number of rotatable bonds is 6. The Kier molecular flexibility index (Phi) is 4.85. The Bertz CT molecular complexity index is 1130. The third-order valence-corrected chi connectivity index (χ3v) is 4.60. The molecule has 9 nitrogen and oxygen atoms in total. The molecule has 2 amide bonds. The van der Waals surface area contributed by atoms with E-state index in [1.165, 1.54) is 30.3 Å². The number of carbonyl (C=O) groups is 3. The molecule has 0 fully saturated rings. The van der Waals surface area contributed by atoms with Crippen molar-refractivity contribution in [2.45, 2.75) is 0 Å². The van der Waals surface area contributed by atoms with Gasteiger partial charge in [-0.3, -0.25) is 24.6 Å². The number of benzene rings is 2. The Morgan fingerprint density at radius 1 is 0.967 bits per heavy atom. The summed E-state index contributed by atoms with van der Waals surface area (Å²) in [6, 6.07) is 15.1. The molecule has 2 heterocycles. The summed E-state index contributed by atoms with van der Waals surface area (Å²) in [6.07, 6.45) is 0. The smallest absolute Gasteiger partial charge is 0.374 e. The van der Waals surface area contributed by atoms with E-state index in [4.69, 9.17) is 9.15 Å². The van der Waals surface area contributed by atoms with Gasteiger partial charge >= 0.3 is 5.97 Å². The molecule has 0 bridgehead atoms. The highest BCUT2D eigenvalue weighted by Crippen LogP contribution is 2.25. The number of amides is 2. The zero-order valence-corrected chi connectivity index (χ0v) is 15.4. The molecule has 0 N–H and O–H groups in total. The first-order chi connectivity index (χ1) is 14.5. The lowest BCUT2D eigenvalue weighted by Crippen LogP contribution is -2.33. The van der Waals surface area contributed by atoms with Gasteiger partial charge in [-0.05, 0) is 36.4 Å². The quantitative estimate of drug-likeness (QED) is 0.266. The van der Waals surface area contributed by atoms with E-state index in [-0.39, 0.29) is 24.6 Å². The summed E-state index contributed by atoms with van der Waals surface area (Å²) in [5.74, 6) is -1.32. The van der Waals surface area contributed by atoms with Crippen LogP contribution >= 0.6 is 0 Å². The van der Waals surface area contributed by atoms with Crippen molar-refractivity contribution in [3.8, 4) is 11.3 Å². The predicted molar refractivity (Wildman–Crippen MR) is 103 cm³/mol. The molecule has 1 aliphatic rings. The standard InChI is InChI=1S/C21H14N2O7/c24-19-15-3-1-2-4-16(15)20(25)22(19)11-12-29-21(26)18-10-9-17(30-18)13-5-7-14(8-6-13)23(27)28/h1-10H,11-12H2. The Labute approximate surface area is 169 Å². The SMILES string of the molecule is O=C(OCCN1C(=O)c2ccccc2C1=O)c1ccc(-c2ccc([N+](=O)[O-])cc2)o1. The van der Waals surface area contributed by atoms with Gasteiger partial charge < -0.3 is 9.15 Å². The van der Waals surface area contributed by atoms with Gasteiger partial charge in [-0.25, -0.2) is 4.79 Å². The van der Waals surface area contributed by atoms with Gasteiger partial charge in [0.05, 0.1) is 22.6 Å². The molecule has 4 rings (SSSR count). The maximum atomic E-state index is 12.3. The fourth-order valence-electron chi connectivity index (χ4n) is 3.09. The molecule has 150 valence electrons. The van der Waals surface area contributed by atoms with Crippen LogP contribution in [-0.2, 0) is 4.74 Å². The predicted octanol–water partition coefficient (Wildman–Crippen LogP) is 3.31. The van der Waals surface area contributed by atoms with Gasteiger partial charge in [-0.1, -0.05) is 12.1 Å². The highest BCUT2D eigenvalue weighted by molar-refractivity contribution is 6.21. The van der Waals surface area contributed by atoms with Gasteiger partial charge in [0, 0.05) is 17.7 Å². The molecular formula is C21H14N2O7. The molecular weight excluding hydrogens is 392 g/mol. The van der Waals surface area contributed by atoms with Crippen molar-refractivity contribution in [3.05, 3.63) is 87.7 Å². The van der Waals surface area contributed by atoms with Crippen LogP contribution in [0, 0.1) is 10.1 Å². The second-order valence-corrected chi connectivity index (χ2v) is 6.41. The summed E-state index contributed by atoms with van der Waals surface area (Å²) >= 11 is 0. The highest BCUT2D eigenvalue weighted by atomic mass is 16.6. The largest absolute Gasteiger partial charge is 0.458 e. The van der Waals surface area contributed by atoms with Gasteiger partial charge in [0.25, 0.3) is 17.5 Å². The fraction of sp³-hybridized carbons (Fsp3) is 0.0952. The van der Waals surface area contributed by atoms with Crippen molar-refractivity contribution in [2.75, 3.05) is 13.2 Å². The Balaban J connectivity index is 1.36. The summed E-state index contributed by atoms with van der Waals surface area (Å²) in [5.41, 5.74) is 1.16. The molecule has 30 heavy (non-hydrogen) atoms. The van der Waals surface area contributed by atoms with Crippen LogP contribution in [0.4, 0.5) is 5.69 Å². The van der Waals surface area contributed by atoms with Gasteiger partial charge in [0.15, 0.2) is 0 Å². The van der Waals surface area contributed by atoms with Crippen LogP contribution in [0.25, 0.3) is 11.3 Å². The number of esters is 1. The third-order valence-electron chi connectivity index (χ3n) is 4.60. The maximum absolute atomic E-state index is 12.3. The average Bonchev–Trinajstić information content (AvgIpc) is 3.34. The summed E-state index contributed by atoms with van der Waals surface area (Å²) in [4.78, 5) is 48.0. The molecule has 0 saturated heterocycles. The van der Waals surface area contributed by atoms with Crippen LogP contribution in [-0.4, -0.2) is 40.8 Å². The second-order valence-electron chi connectivity index (χ2n) is 6.41.